The van der Waals surface area contributed by atoms with Gasteiger partial charge < -0.3 is 4.74 Å². The highest BCUT2D eigenvalue weighted by Gasteiger charge is 2.40. The van der Waals surface area contributed by atoms with Crippen LogP contribution in [0.15, 0.2) is 18.2 Å². The Morgan fingerprint density at radius 1 is 0.903 bits per heavy atom. The summed E-state index contributed by atoms with van der Waals surface area (Å²) in [5.74, 6) is -5.12. The predicted octanol–water partition coefficient (Wildman–Crippen LogP) is 8.14. The van der Waals surface area contributed by atoms with Crippen molar-refractivity contribution in [3.05, 3.63) is 29.6 Å². The van der Waals surface area contributed by atoms with Crippen LogP contribution in [0.5, 0.6) is 5.75 Å². The highest BCUT2D eigenvalue weighted by Crippen LogP contribution is 2.39. The maximum atomic E-state index is 13.5. The number of benzene rings is 1. The Morgan fingerprint density at radius 3 is 1.97 bits per heavy atom. The van der Waals surface area contributed by atoms with E-state index in [1.165, 1.54) is 6.07 Å². The van der Waals surface area contributed by atoms with Crippen molar-refractivity contribution in [1.29, 1.82) is 0 Å². The van der Waals surface area contributed by atoms with Crippen LogP contribution in [0.25, 0.3) is 0 Å². The molecule has 3 rings (SSSR count). The fourth-order valence-electron chi connectivity index (χ4n) is 4.16. The number of alkyl halides is 7. The van der Waals surface area contributed by atoms with Crippen LogP contribution in [-0.4, -0.2) is 25.1 Å². The zero-order chi connectivity index (χ0) is 23.2. The molecule has 1 aromatic carbocycles. The van der Waals surface area contributed by atoms with Crippen molar-refractivity contribution in [2.75, 3.05) is 6.67 Å². The molecule has 0 spiro atoms. The van der Waals surface area contributed by atoms with Crippen molar-refractivity contribution in [3.8, 4) is 5.75 Å². The van der Waals surface area contributed by atoms with Crippen LogP contribution >= 0.6 is 0 Å². The van der Waals surface area contributed by atoms with Gasteiger partial charge in [-0.1, -0.05) is 25.8 Å². The summed E-state index contributed by atoms with van der Waals surface area (Å²) in [5.41, 5.74) is 0.596. The Hall–Kier alpha value is -1.54. The van der Waals surface area contributed by atoms with E-state index in [0.29, 0.717) is 50.0 Å². The molecular weight excluding hydrogens is 432 g/mol. The van der Waals surface area contributed by atoms with E-state index in [0.717, 1.165) is 25.0 Å². The highest BCUT2D eigenvalue weighted by molar-refractivity contribution is 5.31. The van der Waals surface area contributed by atoms with Crippen molar-refractivity contribution >= 4 is 0 Å². The maximum absolute atomic E-state index is 13.5. The molecule has 0 bridgehead atoms. The summed E-state index contributed by atoms with van der Waals surface area (Å²) in [6, 6.07) is 3.43. The number of ether oxygens (including phenoxy) is 1. The van der Waals surface area contributed by atoms with Crippen LogP contribution in [0.1, 0.15) is 69.8 Å². The van der Waals surface area contributed by atoms with Crippen LogP contribution in [0.3, 0.4) is 0 Å². The number of hydrogen-bond donors (Lipinski definition) is 0. The van der Waals surface area contributed by atoms with Gasteiger partial charge in [0.05, 0.1) is 0 Å². The summed E-state index contributed by atoms with van der Waals surface area (Å²) in [5, 5.41) is 0. The van der Waals surface area contributed by atoms with E-state index in [4.69, 9.17) is 0 Å². The minimum atomic E-state index is -4.91. The smallest absolute Gasteiger partial charge is 0.403 e. The Labute approximate surface area is 177 Å². The maximum Gasteiger partial charge on any atom is 0.573 e. The van der Waals surface area contributed by atoms with E-state index in [2.05, 4.69) is 11.7 Å². The Kier molecular flexibility index (Phi) is 9.01. The van der Waals surface area contributed by atoms with E-state index in [1.54, 1.807) is 0 Å². The molecule has 0 heterocycles. The topological polar surface area (TPSA) is 9.23 Å². The normalized spacial score (nSPS) is 27.3. The van der Waals surface area contributed by atoms with Crippen molar-refractivity contribution in [2.45, 2.75) is 82.7 Å². The molecule has 178 valence electrons. The third kappa shape index (κ3) is 8.15. The Morgan fingerprint density at radius 2 is 1.48 bits per heavy atom. The Bertz CT molecular complexity index is 675. The third-order valence-electron chi connectivity index (χ3n) is 6.10. The van der Waals surface area contributed by atoms with Gasteiger partial charge in [-0.15, -0.1) is 13.2 Å². The summed E-state index contributed by atoms with van der Waals surface area (Å²) in [7, 11) is 0. The SMILES string of the molecule is CC1CCC(C(F)(F)CF)CC1.Fc1cc(C2CCC(F)CC2)ccc1OC(F)(F)F. The lowest BCUT2D eigenvalue weighted by atomic mass is 9.80. The molecule has 2 aliphatic carbocycles. The van der Waals surface area contributed by atoms with Gasteiger partial charge in [-0.2, -0.15) is 0 Å². The molecule has 0 amide bonds. The fourth-order valence-corrected chi connectivity index (χ4v) is 4.16. The third-order valence-corrected chi connectivity index (χ3v) is 6.10. The van der Waals surface area contributed by atoms with Gasteiger partial charge in [0.15, 0.2) is 18.2 Å². The zero-order valence-electron chi connectivity index (χ0n) is 17.3. The zero-order valence-corrected chi connectivity index (χ0v) is 17.3. The van der Waals surface area contributed by atoms with Gasteiger partial charge in [-0.3, -0.25) is 0 Å². The van der Waals surface area contributed by atoms with Gasteiger partial charge in [0, 0.05) is 5.92 Å². The van der Waals surface area contributed by atoms with Crippen LogP contribution in [0.2, 0.25) is 0 Å². The molecule has 2 saturated carbocycles. The molecule has 0 saturated heterocycles. The lowest BCUT2D eigenvalue weighted by Gasteiger charge is -2.30. The summed E-state index contributed by atoms with van der Waals surface area (Å²) >= 11 is 0. The minimum absolute atomic E-state index is 0.00133. The minimum Gasteiger partial charge on any atom is -0.403 e. The van der Waals surface area contributed by atoms with Crippen molar-refractivity contribution in [3.63, 3.8) is 0 Å². The average Bonchev–Trinajstić information content (AvgIpc) is 2.70. The van der Waals surface area contributed by atoms with E-state index in [1.807, 2.05) is 0 Å². The summed E-state index contributed by atoms with van der Waals surface area (Å²) in [4.78, 5) is 0. The second kappa shape index (κ2) is 10.9. The molecule has 1 nitrogen and oxygen atoms in total. The van der Waals surface area contributed by atoms with Gasteiger partial charge in [-0.05, 0) is 68.1 Å². The van der Waals surface area contributed by atoms with Gasteiger partial charge in [0.2, 0.25) is 0 Å². The van der Waals surface area contributed by atoms with Gasteiger partial charge in [-0.25, -0.2) is 22.0 Å². The van der Waals surface area contributed by atoms with Crippen molar-refractivity contribution < 1.29 is 39.9 Å². The molecule has 0 unspecified atom stereocenters. The summed E-state index contributed by atoms with van der Waals surface area (Å²) < 4.78 is 104. The van der Waals surface area contributed by atoms with Gasteiger partial charge in [0.25, 0.3) is 5.92 Å². The first-order valence-electron chi connectivity index (χ1n) is 10.5. The van der Waals surface area contributed by atoms with Crippen molar-refractivity contribution in [2.24, 2.45) is 11.8 Å². The molecule has 0 N–H and O–H groups in total. The number of hydrogen-bond acceptors (Lipinski definition) is 1. The first-order valence-corrected chi connectivity index (χ1v) is 10.5. The average molecular weight is 460 g/mol. The Balaban J connectivity index is 0.000000245. The van der Waals surface area contributed by atoms with E-state index in [-0.39, 0.29) is 5.92 Å². The lowest BCUT2D eigenvalue weighted by molar-refractivity contribution is -0.275. The lowest BCUT2D eigenvalue weighted by Crippen LogP contribution is -2.33. The molecule has 2 fully saturated rings. The van der Waals surface area contributed by atoms with E-state index < -0.39 is 42.6 Å². The van der Waals surface area contributed by atoms with Crippen LogP contribution in [0, 0.1) is 17.7 Å². The standard InChI is InChI=1S/C13H13F5O.C9H15F3/c14-10-4-1-8(2-5-10)9-3-6-12(11(15)7-9)19-13(16,17)18;1-7-2-4-8(5-3-7)9(11,12)6-10/h3,6-8,10H,1-2,4-5H2;7-8H,2-6H2,1H3. The summed E-state index contributed by atoms with van der Waals surface area (Å²) in [6.07, 6.45) is -1.14. The second-order valence-corrected chi connectivity index (χ2v) is 8.54. The predicted molar refractivity (Wildman–Crippen MR) is 101 cm³/mol. The molecule has 0 atom stereocenters. The number of rotatable bonds is 4. The molecule has 31 heavy (non-hydrogen) atoms. The molecule has 0 aromatic heterocycles. The molecule has 0 aliphatic heterocycles. The molecule has 9 heteroatoms. The molecule has 0 radical (unpaired) electrons. The first-order chi connectivity index (χ1) is 14.4. The fraction of sp³-hybridized carbons (Fsp3) is 0.727. The van der Waals surface area contributed by atoms with Gasteiger partial charge >= 0.3 is 6.36 Å². The van der Waals surface area contributed by atoms with Crippen molar-refractivity contribution in [1.82, 2.24) is 0 Å². The summed E-state index contributed by atoms with van der Waals surface area (Å²) in [6.45, 7) is 0.565. The molecule has 2 aliphatic rings. The van der Waals surface area contributed by atoms with E-state index >= 15 is 0 Å². The van der Waals surface area contributed by atoms with Crippen LogP contribution in [0.4, 0.5) is 35.1 Å². The number of halogens is 8. The highest BCUT2D eigenvalue weighted by atomic mass is 19.4. The first kappa shape index (κ1) is 25.7. The monoisotopic (exact) mass is 460 g/mol. The van der Waals surface area contributed by atoms with E-state index in [9.17, 15) is 35.1 Å². The quantitative estimate of drug-likeness (QED) is 0.412. The van der Waals surface area contributed by atoms with Gasteiger partial charge in [0.1, 0.15) is 6.17 Å². The molecule has 1 aromatic rings. The molecular formula is C22H28F8O. The largest absolute Gasteiger partial charge is 0.573 e. The second-order valence-electron chi connectivity index (χ2n) is 8.54. The van der Waals surface area contributed by atoms with Crippen LogP contribution in [-0.2, 0) is 0 Å². The van der Waals surface area contributed by atoms with Crippen LogP contribution < -0.4 is 4.74 Å².